The third-order valence-corrected chi connectivity index (χ3v) is 5.14. The van der Waals surface area contributed by atoms with Crippen LogP contribution in [0.25, 0.3) is 5.69 Å². The Bertz CT molecular complexity index is 1090. The van der Waals surface area contributed by atoms with Gasteiger partial charge in [-0.1, -0.05) is 0 Å². The fourth-order valence-corrected chi connectivity index (χ4v) is 3.79. The van der Waals surface area contributed by atoms with Gasteiger partial charge in [-0.3, -0.25) is 9.78 Å². The number of aromatic nitrogens is 3. The number of rotatable bonds is 3. The van der Waals surface area contributed by atoms with Crippen molar-refractivity contribution in [2.75, 3.05) is 5.32 Å². The zero-order chi connectivity index (χ0) is 18.7. The molecule has 1 aromatic carbocycles. The lowest BCUT2D eigenvalue weighted by Gasteiger charge is -2.07. The summed E-state index contributed by atoms with van der Waals surface area (Å²) in [5, 5.41) is 6.79. The molecule has 0 aliphatic heterocycles. The van der Waals surface area contributed by atoms with Gasteiger partial charge in [-0.05, 0) is 37.0 Å². The minimum absolute atomic E-state index is 0.00517. The summed E-state index contributed by atoms with van der Waals surface area (Å²) in [6.07, 6.45) is 4.00. The smallest absolute Gasteiger partial charge is 0.276 e. The molecule has 3 aromatic rings. The van der Waals surface area contributed by atoms with E-state index in [1.807, 2.05) is 0 Å². The lowest BCUT2D eigenvalue weighted by Crippen LogP contribution is -2.16. The predicted molar refractivity (Wildman–Crippen MR) is 90.2 cm³/mol. The second-order valence-electron chi connectivity index (χ2n) is 6.84. The van der Waals surface area contributed by atoms with Gasteiger partial charge in [0.25, 0.3) is 5.91 Å². The molecule has 1 amide bonds. The third-order valence-electron chi connectivity index (χ3n) is 5.14. The van der Waals surface area contributed by atoms with Crippen molar-refractivity contribution in [1.29, 1.82) is 0 Å². The van der Waals surface area contributed by atoms with E-state index in [1.165, 1.54) is 23.0 Å². The molecule has 2 atom stereocenters. The summed E-state index contributed by atoms with van der Waals surface area (Å²) < 4.78 is 42.7. The van der Waals surface area contributed by atoms with Crippen molar-refractivity contribution in [3.8, 4) is 5.69 Å². The number of hydrogen-bond acceptors (Lipinski definition) is 3. The molecule has 1 N–H and O–H groups in total. The Balaban J connectivity index is 1.58. The van der Waals surface area contributed by atoms with E-state index in [1.54, 1.807) is 0 Å². The van der Waals surface area contributed by atoms with Gasteiger partial charge in [-0.2, -0.15) is 5.10 Å². The Hall–Kier alpha value is -3.16. The number of nitrogens with zero attached hydrogens (tertiary/aromatic N) is 3. The number of halogens is 3. The SMILES string of the molecule is O=C(Nc1ccncc1F)c1nn(-c2ccc(F)cc2F)c2c1C[C@H]1C[C@@H]21. The minimum Gasteiger partial charge on any atom is -0.318 e. The Morgan fingerprint density at radius 1 is 1.19 bits per heavy atom. The number of amides is 1. The second kappa shape index (κ2) is 5.67. The van der Waals surface area contributed by atoms with Crippen LogP contribution in [0.15, 0.2) is 36.7 Å². The standard InChI is InChI=1S/C19H13F3N4O/c20-10-1-2-16(13(21)7-10)26-18-11-5-9(11)6-12(18)17(25-26)19(27)24-15-3-4-23-8-14(15)22/h1-4,7-9,11H,5-6H2,(H,23,24,27)/t9-,11-/m1/s1. The van der Waals surface area contributed by atoms with E-state index in [9.17, 15) is 18.0 Å². The molecule has 0 unspecified atom stereocenters. The van der Waals surface area contributed by atoms with Crippen LogP contribution in [-0.4, -0.2) is 20.7 Å². The molecule has 2 aliphatic carbocycles. The zero-order valence-corrected chi connectivity index (χ0v) is 13.9. The van der Waals surface area contributed by atoms with Crippen LogP contribution in [0.4, 0.5) is 18.9 Å². The Labute approximate surface area is 151 Å². The predicted octanol–water partition coefficient (Wildman–Crippen LogP) is 3.60. The monoisotopic (exact) mass is 370 g/mol. The average Bonchev–Trinajstić information content (AvgIpc) is 3.14. The number of fused-ring (bicyclic) bond motifs is 3. The number of carbonyl (C=O) groups excluding carboxylic acids is 1. The summed E-state index contributed by atoms with van der Waals surface area (Å²) in [5.74, 6) is -2.03. The normalized spacial score (nSPS) is 19.5. The van der Waals surface area contributed by atoms with Crippen LogP contribution in [0.2, 0.25) is 0 Å². The van der Waals surface area contributed by atoms with Crippen molar-refractivity contribution in [2.45, 2.75) is 18.8 Å². The van der Waals surface area contributed by atoms with Gasteiger partial charge in [0.15, 0.2) is 17.3 Å². The summed E-state index contributed by atoms with van der Waals surface area (Å²) in [7, 11) is 0. The molecule has 5 nitrogen and oxygen atoms in total. The molecule has 1 saturated carbocycles. The van der Waals surface area contributed by atoms with Crippen molar-refractivity contribution in [1.82, 2.24) is 14.8 Å². The summed E-state index contributed by atoms with van der Waals surface area (Å²) in [5.41, 5.74) is 1.75. The minimum atomic E-state index is -0.753. The number of carbonyl (C=O) groups is 1. The maximum atomic E-state index is 14.3. The average molecular weight is 370 g/mol. The maximum Gasteiger partial charge on any atom is 0.276 e. The van der Waals surface area contributed by atoms with E-state index < -0.39 is 23.4 Å². The molecule has 0 spiro atoms. The molecule has 2 aliphatic rings. The van der Waals surface area contributed by atoms with E-state index >= 15 is 0 Å². The van der Waals surface area contributed by atoms with Crippen LogP contribution >= 0.6 is 0 Å². The Morgan fingerprint density at radius 3 is 2.81 bits per heavy atom. The first kappa shape index (κ1) is 16.0. The Kier molecular flexibility index (Phi) is 3.37. The first-order valence-corrected chi connectivity index (χ1v) is 8.51. The van der Waals surface area contributed by atoms with Gasteiger partial charge in [-0.15, -0.1) is 0 Å². The van der Waals surface area contributed by atoms with Gasteiger partial charge in [0.1, 0.15) is 11.5 Å². The van der Waals surface area contributed by atoms with Crippen molar-refractivity contribution < 1.29 is 18.0 Å². The molecule has 0 saturated heterocycles. The molecule has 0 bridgehead atoms. The van der Waals surface area contributed by atoms with E-state index in [0.717, 1.165) is 36.0 Å². The van der Waals surface area contributed by atoms with Crippen molar-refractivity contribution in [3.05, 3.63) is 71.1 Å². The fraction of sp³-hybridized carbons (Fsp3) is 0.211. The van der Waals surface area contributed by atoms with Crippen LogP contribution in [0.3, 0.4) is 0 Å². The van der Waals surface area contributed by atoms with Crippen molar-refractivity contribution in [2.24, 2.45) is 5.92 Å². The van der Waals surface area contributed by atoms with Gasteiger partial charge in [0, 0.05) is 23.7 Å². The first-order valence-electron chi connectivity index (χ1n) is 8.51. The molecule has 2 aromatic heterocycles. The quantitative estimate of drug-likeness (QED) is 0.766. The fourth-order valence-electron chi connectivity index (χ4n) is 3.79. The van der Waals surface area contributed by atoms with Crippen LogP contribution in [0.1, 0.15) is 34.1 Å². The number of nitrogens with one attached hydrogen (secondary N) is 1. The van der Waals surface area contributed by atoms with Gasteiger partial charge < -0.3 is 5.32 Å². The van der Waals surface area contributed by atoms with Crippen LogP contribution < -0.4 is 5.32 Å². The summed E-state index contributed by atoms with van der Waals surface area (Å²) >= 11 is 0. The Morgan fingerprint density at radius 2 is 2.04 bits per heavy atom. The maximum absolute atomic E-state index is 14.3. The molecular weight excluding hydrogens is 357 g/mol. The van der Waals surface area contributed by atoms with Crippen LogP contribution in [0, 0.1) is 23.4 Å². The molecule has 5 rings (SSSR count). The molecule has 0 radical (unpaired) electrons. The molecule has 1 fully saturated rings. The van der Waals surface area contributed by atoms with Gasteiger partial charge in [0.05, 0.1) is 17.6 Å². The van der Waals surface area contributed by atoms with E-state index in [-0.39, 0.29) is 23.0 Å². The first-order chi connectivity index (χ1) is 13.0. The molecular formula is C19H13F3N4O. The highest BCUT2D eigenvalue weighted by atomic mass is 19.1. The summed E-state index contributed by atoms with van der Waals surface area (Å²) in [6, 6.07) is 4.59. The largest absolute Gasteiger partial charge is 0.318 e. The number of benzene rings is 1. The zero-order valence-electron chi connectivity index (χ0n) is 13.9. The summed E-state index contributed by atoms with van der Waals surface area (Å²) in [6.45, 7) is 0. The molecule has 2 heterocycles. The molecule has 8 heteroatoms. The highest BCUT2D eigenvalue weighted by Crippen LogP contribution is 2.57. The highest BCUT2D eigenvalue weighted by molar-refractivity contribution is 6.04. The lowest BCUT2D eigenvalue weighted by atomic mass is 10.1. The van der Waals surface area contributed by atoms with Gasteiger partial charge in [-0.25, -0.2) is 17.9 Å². The number of pyridine rings is 1. The molecule has 136 valence electrons. The van der Waals surface area contributed by atoms with Crippen LogP contribution in [-0.2, 0) is 6.42 Å². The van der Waals surface area contributed by atoms with E-state index in [2.05, 4.69) is 15.4 Å². The van der Waals surface area contributed by atoms with Crippen molar-refractivity contribution in [3.63, 3.8) is 0 Å². The lowest BCUT2D eigenvalue weighted by molar-refractivity contribution is 0.102. The van der Waals surface area contributed by atoms with Gasteiger partial charge >= 0.3 is 0 Å². The summed E-state index contributed by atoms with van der Waals surface area (Å²) in [4.78, 5) is 16.3. The van der Waals surface area contributed by atoms with Gasteiger partial charge in [0.2, 0.25) is 0 Å². The third kappa shape index (κ3) is 2.51. The topological polar surface area (TPSA) is 59.8 Å². The van der Waals surface area contributed by atoms with Crippen LogP contribution in [0.5, 0.6) is 0 Å². The molecule has 27 heavy (non-hydrogen) atoms. The second-order valence-corrected chi connectivity index (χ2v) is 6.84. The number of anilines is 1. The van der Waals surface area contributed by atoms with E-state index in [4.69, 9.17) is 0 Å². The highest BCUT2D eigenvalue weighted by Gasteiger charge is 2.50. The number of hydrogen-bond donors (Lipinski definition) is 1. The van der Waals surface area contributed by atoms with Crippen molar-refractivity contribution >= 4 is 11.6 Å². The van der Waals surface area contributed by atoms with E-state index in [0.29, 0.717) is 12.3 Å².